The Morgan fingerprint density at radius 1 is 1.04 bits per heavy atom. The molecule has 4 nitrogen and oxygen atoms in total. The van der Waals surface area contributed by atoms with Crippen LogP contribution in [0.3, 0.4) is 0 Å². The van der Waals surface area contributed by atoms with Crippen LogP contribution in [0.1, 0.15) is 16.5 Å². The normalized spacial score (nSPS) is 13.5. The van der Waals surface area contributed by atoms with Gasteiger partial charge in [-0.3, -0.25) is 0 Å². The summed E-state index contributed by atoms with van der Waals surface area (Å²) in [5.74, 6) is -0.775. The first-order valence-corrected chi connectivity index (χ1v) is 10.5. The monoisotopic (exact) mass is 419 g/mol. The SMILES string of the molecule is O=S(=O)(NC(c1ccsc1)c1cccs1)c1ccccc1OC(F)(F)F. The molecule has 1 unspecified atom stereocenters. The highest BCUT2D eigenvalue weighted by Crippen LogP contribution is 2.33. The topological polar surface area (TPSA) is 55.4 Å². The summed E-state index contributed by atoms with van der Waals surface area (Å²) >= 11 is 2.74. The molecule has 0 saturated carbocycles. The van der Waals surface area contributed by atoms with Gasteiger partial charge in [-0.25, -0.2) is 8.42 Å². The summed E-state index contributed by atoms with van der Waals surface area (Å²) in [6.45, 7) is 0. The van der Waals surface area contributed by atoms with Gasteiger partial charge in [0.2, 0.25) is 10.0 Å². The number of thiophene rings is 2. The molecule has 2 heterocycles. The molecular weight excluding hydrogens is 407 g/mol. The Bertz CT molecular complexity index is 918. The molecule has 138 valence electrons. The molecule has 26 heavy (non-hydrogen) atoms. The van der Waals surface area contributed by atoms with E-state index in [0.717, 1.165) is 17.0 Å². The van der Waals surface area contributed by atoms with E-state index in [0.29, 0.717) is 5.56 Å². The van der Waals surface area contributed by atoms with Crippen molar-refractivity contribution in [3.05, 3.63) is 69.0 Å². The summed E-state index contributed by atoms with van der Waals surface area (Å²) in [5, 5.41) is 5.37. The zero-order chi connectivity index (χ0) is 18.8. The minimum atomic E-state index is -4.99. The molecule has 1 N–H and O–H groups in total. The van der Waals surface area contributed by atoms with Crippen LogP contribution in [0, 0.1) is 0 Å². The third-order valence-corrected chi connectivity index (χ3v) is 6.44. The fourth-order valence-electron chi connectivity index (χ4n) is 2.28. The highest BCUT2D eigenvalue weighted by molar-refractivity contribution is 7.89. The molecule has 0 aliphatic carbocycles. The summed E-state index contributed by atoms with van der Waals surface area (Å²) in [7, 11) is -4.28. The number of sulfonamides is 1. The van der Waals surface area contributed by atoms with Crippen LogP contribution < -0.4 is 9.46 Å². The molecule has 1 aromatic carbocycles. The van der Waals surface area contributed by atoms with Crippen LogP contribution in [0.5, 0.6) is 5.75 Å². The average molecular weight is 419 g/mol. The quantitative estimate of drug-likeness (QED) is 0.626. The fourth-order valence-corrected chi connectivity index (χ4v) is 5.18. The fraction of sp³-hybridized carbons (Fsp3) is 0.125. The predicted molar refractivity (Wildman–Crippen MR) is 93.9 cm³/mol. The van der Waals surface area contributed by atoms with Crippen LogP contribution in [0.25, 0.3) is 0 Å². The van der Waals surface area contributed by atoms with Crippen molar-refractivity contribution >= 4 is 32.7 Å². The highest BCUT2D eigenvalue weighted by Gasteiger charge is 2.34. The second-order valence-electron chi connectivity index (χ2n) is 5.12. The Labute approximate surface area is 155 Å². The lowest BCUT2D eigenvalue weighted by Gasteiger charge is -2.19. The van der Waals surface area contributed by atoms with Gasteiger partial charge in [-0.05, 0) is 46.0 Å². The van der Waals surface area contributed by atoms with Gasteiger partial charge in [-0.15, -0.1) is 24.5 Å². The van der Waals surface area contributed by atoms with E-state index in [-0.39, 0.29) is 0 Å². The van der Waals surface area contributed by atoms with Gasteiger partial charge in [0, 0.05) is 4.88 Å². The molecule has 2 aromatic heterocycles. The number of hydrogen-bond acceptors (Lipinski definition) is 5. The number of para-hydroxylation sites is 1. The maximum Gasteiger partial charge on any atom is 0.573 e. The molecule has 0 spiro atoms. The van der Waals surface area contributed by atoms with Gasteiger partial charge >= 0.3 is 6.36 Å². The Balaban J connectivity index is 1.98. The van der Waals surface area contributed by atoms with Crippen LogP contribution in [0.4, 0.5) is 13.2 Å². The van der Waals surface area contributed by atoms with Gasteiger partial charge < -0.3 is 4.74 Å². The Morgan fingerprint density at radius 3 is 2.42 bits per heavy atom. The lowest BCUT2D eigenvalue weighted by molar-refractivity contribution is -0.275. The maximum atomic E-state index is 12.8. The van der Waals surface area contributed by atoms with Gasteiger partial charge in [-0.2, -0.15) is 16.1 Å². The van der Waals surface area contributed by atoms with Crippen molar-refractivity contribution in [2.75, 3.05) is 0 Å². The molecule has 0 fully saturated rings. The lowest BCUT2D eigenvalue weighted by atomic mass is 10.1. The zero-order valence-electron chi connectivity index (χ0n) is 12.9. The molecule has 10 heteroatoms. The van der Waals surface area contributed by atoms with Crippen LogP contribution in [0.2, 0.25) is 0 Å². The molecule has 0 bridgehead atoms. The number of nitrogens with one attached hydrogen (secondary N) is 1. The molecule has 0 amide bonds. The molecule has 0 aliphatic rings. The molecule has 3 aromatic rings. The zero-order valence-corrected chi connectivity index (χ0v) is 15.4. The van der Waals surface area contributed by atoms with E-state index >= 15 is 0 Å². The lowest BCUT2D eigenvalue weighted by Crippen LogP contribution is -2.29. The van der Waals surface area contributed by atoms with E-state index in [1.54, 1.807) is 34.3 Å². The second kappa shape index (κ2) is 7.39. The Kier molecular flexibility index (Phi) is 5.37. The number of alkyl halides is 3. The summed E-state index contributed by atoms with van der Waals surface area (Å²) in [6, 6.07) is 9.23. The van der Waals surface area contributed by atoms with E-state index in [1.807, 2.05) is 0 Å². The van der Waals surface area contributed by atoms with Crippen molar-refractivity contribution in [2.45, 2.75) is 17.3 Å². The van der Waals surface area contributed by atoms with E-state index < -0.39 is 33.1 Å². The third kappa shape index (κ3) is 4.44. The van der Waals surface area contributed by atoms with Crippen molar-refractivity contribution in [2.24, 2.45) is 0 Å². The molecule has 0 saturated heterocycles. The van der Waals surface area contributed by atoms with Crippen molar-refractivity contribution in [1.82, 2.24) is 4.72 Å². The minimum absolute atomic E-state index is 0.575. The molecular formula is C16H12F3NO3S3. The van der Waals surface area contributed by atoms with E-state index in [2.05, 4.69) is 9.46 Å². The van der Waals surface area contributed by atoms with Crippen LogP contribution >= 0.6 is 22.7 Å². The van der Waals surface area contributed by atoms with Gasteiger partial charge in [0.1, 0.15) is 10.6 Å². The van der Waals surface area contributed by atoms with Crippen molar-refractivity contribution in [3.8, 4) is 5.75 Å². The first kappa shape index (κ1) is 18.9. The number of benzene rings is 1. The predicted octanol–water partition coefficient (Wildman–Crippen LogP) is 4.78. The van der Waals surface area contributed by atoms with Crippen LogP contribution in [0.15, 0.2) is 63.5 Å². The standard InChI is InChI=1S/C16H12F3NO3S3/c17-16(18,19)23-12-4-1-2-6-14(12)26(21,22)20-15(11-7-9-24-10-11)13-5-3-8-25-13/h1-10,15,20H. The molecule has 0 aliphatic heterocycles. The number of rotatable bonds is 6. The average Bonchev–Trinajstić information content (AvgIpc) is 3.25. The summed E-state index contributed by atoms with van der Waals surface area (Å²) in [5.41, 5.74) is 0.704. The van der Waals surface area contributed by atoms with Crippen molar-refractivity contribution in [1.29, 1.82) is 0 Å². The maximum absolute atomic E-state index is 12.8. The van der Waals surface area contributed by atoms with E-state index in [9.17, 15) is 21.6 Å². The Morgan fingerprint density at radius 2 is 1.81 bits per heavy atom. The van der Waals surface area contributed by atoms with E-state index in [1.165, 1.54) is 34.8 Å². The smallest absolute Gasteiger partial charge is 0.404 e. The number of hydrogen-bond donors (Lipinski definition) is 1. The molecule has 1 atom stereocenters. The third-order valence-electron chi connectivity index (χ3n) is 3.34. The Hall–Kier alpha value is -1.88. The first-order chi connectivity index (χ1) is 12.3. The van der Waals surface area contributed by atoms with Gasteiger partial charge in [0.15, 0.2) is 0 Å². The largest absolute Gasteiger partial charge is 0.573 e. The van der Waals surface area contributed by atoms with Crippen LogP contribution in [-0.4, -0.2) is 14.8 Å². The summed E-state index contributed by atoms with van der Waals surface area (Å²) in [4.78, 5) is 0.148. The van der Waals surface area contributed by atoms with Crippen LogP contribution in [-0.2, 0) is 10.0 Å². The minimum Gasteiger partial charge on any atom is -0.404 e. The van der Waals surface area contributed by atoms with Gasteiger partial charge in [-0.1, -0.05) is 18.2 Å². The van der Waals surface area contributed by atoms with E-state index in [4.69, 9.17) is 0 Å². The molecule has 3 rings (SSSR count). The molecule has 0 radical (unpaired) electrons. The first-order valence-electron chi connectivity index (χ1n) is 7.19. The van der Waals surface area contributed by atoms with Crippen molar-refractivity contribution < 1.29 is 26.3 Å². The highest BCUT2D eigenvalue weighted by atomic mass is 32.2. The number of ether oxygens (including phenoxy) is 1. The van der Waals surface area contributed by atoms with Gasteiger partial charge in [0.25, 0.3) is 0 Å². The summed E-state index contributed by atoms with van der Waals surface area (Å²) in [6.07, 6.45) is -4.99. The summed E-state index contributed by atoms with van der Waals surface area (Å²) < 4.78 is 69.7. The second-order valence-corrected chi connectivity index (χ2v) is 8.56. The van der Waals surface area contributed by atoms with Crippen molar-refractivity contribution in [3.63, 3.8) is 0 Å². The van der Waals surface area contributed by atoms with Gasteiger partial charge in [0.05, 0.1) is 6.04 Å². The number of halogens is 3.